The van der Waals surface area contributed by atoms with Gasteiger partial charge in [-0.05, 0) is 61.2 Å². The Labute approximate surface area is 213 Å². The van der Waals surface area contributed by atoms with Crippen molar-refractivity contribution in [3.63, 3.8) is 0 Å². The fourth-order valence-corrected chi connectivity index (χ4v) is 4.74. The molecular formula is C26H27ClFN3O3S. The number of hydrogen-bond acceptors (Lipinski definition) is 5. The van der Waals surface area contributed by atoms with E-state index in [0.717, 1.165) is 26.6 Å². The molecule has 0 aliphatic heterocycles. The van der Waals surface area contributed by atoms with Gasteiger partial charge in [0.25, 0.3) is 5.91 Å². The number of ether oxygens (including phenoxy) is 1. The Hall–Kier alpha value is -3.20. The number of rotatable bonds is 10. The molecule has 2 atom stereocenters. The zero-order valence-corrected chi connectivity index (χ0v) is 20.8. The van der Waals surface area contributed by atoms with Crippen LogP contribution in [0.25, 0.3) is 10.4 Å². The van der Waals surface area contributed by atoms with Gasteiger partial charge < -0.3 is 20.1 Å². The number of para-hydroxylation sites is 1. The van der Waals surface area contributed by atoms with E-state index in [-0.39, 0.29) is 30.0 Å². The van der Waals surface area contributed by atoms with Crippen molar-refractivity contribution in [1.82, 2.24) is 9.55 Å². The van der Waals surface area contributed by atoms with E-state index in [4.69, 9.17) is 10.5 Å². The van der Waals surface area contributed by atoms with Crippen LogP contribution in [0.2, 0.25) is 0 Å². The largest absolute Gasteiger partial charge is 0.488 e. The number of aliphatic hydroxyl groups is 1. The first-order valence-corrected chi connectivity index (χ1v) is 11.8. The van der Waals surface area contributed by atoms with Crippen molar-refractivity contribution in [2.24, 2.45) is 5.73 Å². The monoisotopic (exact) mass is 515 g/mol. The molecule has 0 fully saturated rings. The second-order valence-electron chi connectivity index (χ2n) is 8.09. The van der Waals surface area contributed by atoms with Gasteiger partial charge in [0.2, 0.25) is 0 Å². The summed E-state index contributed by atoms with van der Waals surface area (Å²) in [5.41, 5.74) is 7.47. The molecule has 2 heterocycles. The van der Waals surface area contributed by atoms with Crippen LogP contribution in [0.5, 0.6) is 5.75 Å². The molecule has 4 aromatic rings. The highest BCUT2D eigenvalue weighted by molar-refractivity contribution is 7.15. The Morgan fingerprint density at radius 1 is 1.17 bits per heavy atom. The lowest BCUT2D eigenvalue weighted by molar-refractivity contribution is 0.0994. The van der Waals surface area contributed by atoms with Crippen LogP contribution < -0.4 is 10.5 Å². The van der Waals surface area contributed by atoms with Crippen LogP contribution in [0.4, 0.5) is 4.39 Å². The lowest BCUT2D eigenvalue weighted by atomic mass is 10.0. The highest BCUT2D eigenvalue weighted by atomic mass is 35.5. The fourth-order valence-electron chi connectivity index (χ4n) is 3.81. The highest BCUT2D eigenvalue weighted by Crippen LogP contribution is 2.30. The molecule has 2 aromatic carbocycles. The summed E-state index contributed by atoms with van der Waals surface area (Å²) in [5, 5.41) is 10.3. The molecule has 0 unspecified atom stereocenters. The number of halogens is 2. The van der Waals surface area contributed by atoms with E-state index >= 15 is 0 Å². The quantitative estimate of drug-likeness (QED) is 0.295. The van der Waals surface area contributed by atoms with Crippen molar-refractivity contribution in [2.75, 3.05) is 0 Å². The zero-order chi connectivity index (χ0) is 24.1. The molecule has 0 aliphatic rings. The van der Waals surface area contributed by atoms with E-state index in [0.29, 0.717) is 19.4 Å². The van der Waals surface area contributed by atoms with E-state index < -0.39 is 12.0 Å². The number of thiophene rings is 1. The van der Waals surface area contributed by atoms with Crippen molar-refractivity contribution in [2.45, 2.75) is 38.5 Å². The molecule has 6 nitrogen and oxygen atoms in total. The standard InChI is InChI=1S/C26H26FN3O3S.ClH/c1-17(31)23(30-14-22(26(28)32)29-16-30)12-8-18-4-2-3-5-24(18)33-15-21-11-13-25(34-21)19-6-9-20(27)10-7-19;/h2-7,9-11,13-14,16-17,23,31H,8,12,15H2,1H3,(H2,28,32);1H/t17-,23+;/m0./s1. The fraction of sp³-hybridized carbons (Fsp3) is 0.231. The lowest BCUT2D eigenvalue weighted by Gasteiger charge is -2.22. The molecule has 0 saturated heterocycles. The van der Waals surface area contributed by atoms with Gasteiger partial charge in [-0.3, -0.25) is 4.79 Å². The number of hydrogen-bond donors (Lipinski definition) is 2. The summed E-state index contributed by atoms with van der Waals surface area (Å²) < 4.78 is 21.1. The number of aryl methyl sites for hydroxylation is 1. The van der Waals surface area contributed by atoms with Crippen LogP contribution in [-0.4, -0.2) is 26.7 Å². The minimum atomic E-state index is -0.640. The summed E-state index contributed by atoms with van der Waals surface area (Å²) in [4.78, 5) is 17.5. The Morgan fingerprint density at radius 2 is 1.91 bits per heavy atom. The molecule has 9 heteroatoms. The van der Waals surface area contributed by atoms with Crippen LogP contribution in [0.1, 0.15) is 40.3 Å². The number of amides is 1. The van der Waals surface area contributed by atoms with Crippen molar-refractivity contribution in [1.29, 1.82) is 0 Å². The average molecular weight is 516 g/mol. The first-order chi connectivity index (χ1) is 16.4. The van der Waals surface area contributed by atoms with Crippen LogP contribution in [0.15, 0.2) is 73.2 Å². The molecule has 0 radical (unpaired) electrons. The number of carbonyl (C=O) groups is 1. The summed E-state index contributed by atoms with van der Waals surface area (Å²) in [7, 11) is 0. The summed E-state index contributed by atoms with van der Waals surface area (Å²) >= 11 is 1.61. The SMILES string of the molecule is C[C@H](O)[C@@H](CCc1ccccc1OCc1ccc(-c2ccc(F)cc2)s1)n1cnc(C(N)=O)c1.Cl. The molecule has 0 bridgehead atoms. The smallest absolute Gasteiger partial charge is 0.268 e. The van der Waals surface area contributed by atoms with E-state index in [1.54, 1.807) is 41.2 Å². The first kappa shape index (κ1) is 26.4. The number of carbonyl (C=O) groups excluding carboxylic acids is 1. The van der Waals surface area contributed by atoms with Gasteiger partial charge in [0.05, 0.1) is 18.5 Å². The lowest BCUT2D eigenvalue weighted by Crippen LogP contribution is -2.21. The second-order valence-corrected chi connectivity index (χ2v) is 9.25. The van der Waals surface area contributed by atoms with E-state index in [1.165, 1.54) is 18.5 Å². The number of nitrogens with two attached hydrogens (primary N) is 1. The summed E-state index contributed by atoms with van der Waals surface area (Å²) in [5.74, 6) is -0.0651. The number of imidazole rings is 1. The highest BCUT2D eigenvalue weighted by Gasteiger charge is 2.19. The molecule has 1 amide bonds. The van der Waals surface area contributed by atoms with E-state index in [1.807, 2.05) is 36.4 Å². The maximum absolute atomic E-state index is 13.2. The molecule has 0 spiro atoms. The van der Waals surface area contributed by atoms with Crippen LogP contribution in [0.3, 0.4) is 0 Å². The van der Waals surface area contributed by atoms with Gasteiger partial charge in [-0.25, -0.2) is 9.37 Å². The maximum atomic E-state index is 13.2. The molecule has 184 valence electrons. The van der Waals surface area contributed by atoms with Crippen molar-refractivity contribution in [3.8, 4) is 16.2 Å². The van der Waals surface area contributed by atoms with Gasteiger partial charge in [0, 0.05) is 16.0 Å². The third-order valence-corrected chi connectivity index (χ3v) is 6.74. The van der Waals surface area contributed by atoms with E-state index in [2.05, 4.69) is 4.98 Å². The van der Waals surface area contributed by atoms with Gasteiger partial charge in [-0.2, -0.15) is 0 Å². The summed E-state index contributed by atoms with van der Waals surface area (Å²) in [6.45, 7) is 2.14. The number of nitrogens with zero attached hydrogens (tertiary/aromatic N) is 2. The number of primary amides is 1. The molecule has 35 heavy (non-hydrogen) atoms. The summed E-state index contributed by atoms with van der Waals surface area (Å²) in [6.07, 6.45) is 3.74. The van der Waals surface area contributed by atoms with Gasteiger partial charge >= 0.3 is 0 Å². The van der Waals surface area contributed by atoms with E-state index in [9.17, 15) is 14.3 Å². The van der Waals surface area contributed by atoms with Crippen LogP contribution in [0, 0.1) is 5.82 Å². The Morgan fingerprint density at radius 3 is 2.60 bits per heavy atom. The second kappa shape index (κ2) is 12.0. The van der Waals surface area contributed by atoms with Gasteiger partial charge in [-0.15, -0.1) is 23.7 Å². The molecule has 0 aliphatic carbocycles. The average Bonchev–Trinajstić information content (AvgIpc) is 3.49. The topological polar surface area (TPSA) is 90.4 Å². The van der Waals surface area contributed by atoms with Crippen molar-refractivity contribution >= 4 is 29.7 Å². The third kappa shape index (κ3) is 6.69. The molecular weight excluding hydrogens is 489 g/mol. The summed E-state index contributed by atoms with van der Waals surface area (Å²) in [6, 6.07) is 18.1. The molecule has 0 saturated carbocycles. The van der Waals surface area contributed by atoms with Gasteiger partial charge in [-0.1, -0.05) is 30.3 Å². The normalized spacial score (nSPS) is 12.5. The minimum absolute atomic E-state index is 0. The molecule has 3 N–H and O–H groups in total. The Balaban J connectivity index is 0.00000342. The third-order valence-electron chi connectivity index (χ3n) is 5.64. The number of benzene rings is 2. The molecule has 4 rings (SSSR count). The number of aromatic nitrogens is 2. The first-order valence-electron chi connectivity index (χ1n) is 11.0. The predicted octanol–water partition coefficient (Wildman–Crippen LogP) is 5.41. The number of aliphatic hydroxyl groups excluding tert-OH is 1. The van der Waals surface area contributed by atoms with Crippen LogP contribution >= 0.6 is 23.7 Å². The Bertz CT molecular complexity index is 1260. The van der Waals surface area contributed by atoms with Gasteiger partial charge in [0.1, 0.15) is 23.9 Å². The van der Waals surface area contributed by atoms with Gasteiger partial charge in [0.15, 0.2) is 0 Å². The molecule has 2 aromatic heterocycles. The van der Waals surface area contributed by atoms with Crippen molar-refractivity contribution < 1.29 is 19.0 Å². The van der Waals surface area contributed by atoms with Crippen LogP contribution in [-0.2, 0) is 13.0 Å². The zero-order valence-electron chi connectivity index (χ0n) is 19.1. The van der Waals surface area contributed by atoms with Crippen molar-refractivity contribution in [3.05, 3.63) is 95.1 Å². The minimum Gasteiger partial charge on any atom is -0.488 e. The predicted molar refractivity (Wildman–Crippen MR) is 138 cm³/mol. The Kier molecular flexibility index (Phi) is 9.03. The maximum Gasteiger partial charge on any atom is 0.268 e.